The first-order valence-electron chi connectivity index (χ1n) is 11.4. The Hall–Kier alpha value is -3.17. The van der Waals surface area contributed by atoms with Crippen LogP contribution in [0.25, 0.3) is 0 Å². The van der Waals surface area contributed by atoms with Crippen LogP contribution in [0.3, 0.4) is 0 Å². The van der Waals surface area contributed by atoms with Crippen LogP contribution >= 0.6 is 0 Å². The summed E-state index contributed by atoms with van der Waals surface area (Å²) in [7, 11) is 0. The van der Waals surface area contributed by atoms with Crippen LogP contribution in [0.4, 0.5) is 0 Å². The third-order valence-electron chi connectivity index (χ3n) is 7.03. The van der Waals surface area contributed by atoms with E-state index in [1.807, 2.05) is 24.3 Å². The quantitative estimate of drug-likeness (QED) is 0.699. The first-order valence-corrected chi connectivity index (χ1v) is 11.4. The summed E-state index contributed by atoms with van der Waals surface area (Å²) in [6.45, 7) is 3.42. The Kier molecular flexibility index (Phi) is 5.67. The summed E-state index contributed by atoms with van der Waals surface area (Å²) in [6, 6.07) is 14.4. The molecule has 5 rings (SSSR count). The van der Waals surface area contributed by atoms with Crippen LogP contribution in [-0.4, -0.2) is 60.5 Å². The summed E-state index contributed by atoms with van der Waals surface area (Å²) < 4.78 is 5.10. The maximum Gasteiger partial charge on any atom is 0.338 e. The smallest absolute Gasteiger partial charge is 0.338 e. The predicted molar refractivity (Wildman–Crippen MR) is 119 cm³/mol. The minimum absolute atomic E-state index is 0.214. The second kappa shape index (κ2) is 8.76. The molecule has 1 saturated heterocycles. The standard InChI is InChI=1S/C26H27N3O3/c27-16-19-1-3-21-15-23(5-4-20(21)14-19)29-11-10-28(17-25(29)30)9-7-18-2-6-24-22(13-18)8-12-32-26(24)31/h1-3,6,13-14,23H,4-5,7-12,15,17H2. The summed E-state index contributed by atoms with van der Waals surface area (Å²) in [5.74, 6) is -0.0121. The molecule has 2 aromatic rings. The molecule has 0 saturated carbocycles. The highest BCUT2D eigenvalue weighted by atomic mass is 16.5. The molecule has 1 fully saturated rings. The number of hydrogen-bond acceptors (Lipinski definition) is 5. The number of nitrogens with zero attached hydrogens (tertiary/aromatic N) is 3. The monoisotopic (exact) mass is 429 g/mol. The van der Waals surface area contributed by atoms with Gasteiger partial charge in [-0.15, -0.1) is 0 Å². The van der Waals surface area contributed by atoms with E-state index in [2.05, 4.69) is 28.0 Å². The largest absolute Gasteiger partial charge is 0.462 e. The number of ether oxygens (including phenoxy) is 1. The Labute approximate surface area is 188 Å². The molecule has 32 heavy (non-hydrogen) atoms. The number of benzene rings is 2. The topological polar surface area (TPSA) is 73.6 Å². The predicted octanol–water partition coefficient (Wildman–Crippen LogP) is 2.52. The molecule has 6 heteroatoms. The Morgan fingerprint density at radius 1 is 1.03 bits per heavy atom. The molecule has 2 aromatic carbocycles. The highest BCUT2D eigenvalue weighted by molar-refractivity contribution is 5.92. The maximum atomic E-state index is 12.9. The molecule has 1 amide bonds. The summed E-state index contributed by atoms with van der Waals surface area (Å²) in [4.78, 5) is 29.1. The molecule has 1 atom stereocenters. The molecule has 0 aromatic heterocycles. The second-order valence-electron chi connectivity index (χ2n) is 8.98. The van der Waals surface area contributed by atoms with Crippen molar-refractivity contribution in [2.75, 3.05) is 32.8 Å². The minimum atomic E-state index is -0.227. The van der Waals surface area contributed by atoms with Crippen molar-refractivity contribution < 1.29 is 14.3 Å². The van der Waals surface area contributed by atoms with Crippen molar-refractivity contribution in [2.24, 2.45) is 0 Å². The Balaban J connectivity index is 1.16. The summed E-state index contributed by atoms with van der Waals surface area (Å²) in [6.07, 6.45) is 4.41. The zero-order valence-electron chi connectivity index (χ0n) is 18.2. The molecule has 0 radical (unpaired) electrons. The number of fused-ring (bicyclic) bond motifs is 2. The van der Waals surface area contributed by atoms with E-state index in [0.717, 1.165) is 57.3 Å². The van der Waals surface area contributed by atoms with Gasteiger partial charge < -0.3 is 9.64 Å². The van der Waals surface area contributed by atoms with Crippen LogP contribution in [-0.2, 0) is 35.2 Å². The van der Waals surface area contributed by atoms with Gasteiger partial charge in [-0.25, -0.2) is 4.79 Å². The van der Waals surface area contributed by atoms with Gasteiger partial charge in [0.15, 0.2) is 0 Å². The number of rotatable bonds is 4. The van der Waals surface area contributed by atoms with Crippen LogP contribution in [0.2, 0.25) is 0 Å². The first-order chi connectivity index (χ1) is 15.6. The fraction of sp³-hybridized carbons (Fsp3) is 0.423. The Morgan fingerprint density at radius 3 is 2.78 bits per heavy atom. The highest BCUT2D eigenvalue weighted by Gasteiger charge is 2.31. The van der Waals surface area contributed by atoms with Crippen LogP contribution in [0.15, 0.2) is 36.4 Å². The fourth-order valence-electron chi connectivity index (χ4n) is 5.21. The van der Waals surface area contributed by atoms with E-state index in [0.29, 0.717) is 24.3 Å². The van der Waals surface area contributed by atoms with Crippen molar-refractivity contribution in [3.8, 4) is 6.07 Å². The molecule has 6 nitrogen and oxygen atoms in total. The maximum absolute atomic E-state index is 12.9. The molecule has 1 aliphatic carbocycles. The van der Waals surface area contributed by atoms with Crippen molar-refractivity contribution in [3.63, 3.8) is 0 Å². The third-order valence-corrected chi connectivity index (χ3v) is 7.03. The van der Waals surface area contributed by atoms with Gasteiger partial charge in [0.2, 0.25) is 5.91 Å². The molecule has 1 unspecified atom stereocenters. The summed E-state index contributed by atoms with van der Waals surface area (Å²) >= 11 is 0. The van der Waals surface area contributed by atoms with Crippen molar-refractivity contribution in [3.05, 3.63) is 69.8 Å². The first kappa shape index (κ1) is 20.7. The Morgan fingerprint density at radius 2 is 1.94 bits per heavy atom. The van der Waals surface area contributed by atoms with E-state index in [-0.39, 0.29) is 17.9 Å². The minimum Gasteiger partial charge on any atom is -0.462 e. The van der Waals surface area contributed by atoms with E-state index < -0.39 is 0 Å². The van der Waals surface area contributed by atoms with Crippen molar-refractivity contribution in [1.29, 1.82) is 5.26 Å². The fourth-order valence-corrected chi connectivity index (χ4v) is 5.21. The zero-order chi connectivity index (χ0) is 22.1. The highest BCUT2D eigenvalue weighted by Crippen LogP contribution is 2.27. The lowest BCUT2D eigenvalue weighted by Gasteiger charge is -2.41. The number of esters is 1. The Bertz CT molecular complexity index is 1100. The number of cyclic esters (lactones) is 1. The molecular weight excluding hydrogens is 402 g/mol. The lowest BCUT2D eigenvalue weighted by atomic mass is 9.86. The van der Waals surface area contributed by atoms with Gasteiger partial charge in [-0.1, -0.05) is 18.2 Å². The molecule has 3 aliphatic rings. The summed E-state index contributed by atoms with van der Waals surface area (Å²) in [5.41, 5.74) is 6.19. The molecule has 164 valence electrons. The molecule has 0 bridgehead atoms. The zero-order valence-corrected chi connectivity index (χ0v) is 18.2. The molecule has 0 N–H and O–H groups in total. The average Bonchev–Trinajstić information content (AvgIpc) is 2.82. The lowest BCUT2D eigenvalue weighted by Crippen LogP contribution is -2.55. The second-order valence-corrected chi connectivity index (χ2v) is 8.98. The molecule has 2 heterocycles. The average molecular weight is 430 g/mol. The van der Waals surface area contributed by atoms with Crippen molar-refractivity contribution >= 4 is 11.9 Å². The van der Waals surface area contributed by atoms with E-state index >= 15 is 0 Å². The lowest BCUT2D eigenvalue weighted by molar-refractivity contribution is -0.138. The van der Waals surface area contributed by atoms with Crippen molar-refractivity contribution in [2.45, 2.75) is 38.1 Å². The van der Waals surface area contributed by atoms with E-state index in [1.165, 1.54) is 16.7 Å². The van der Waals surface area contributed by atoms with Gasteiger partial charge in [0.1, 0.15) is 0 Å². The van der Waals surface area contributed by atoms with Crippen LogP contribution in [0.5, 0.6) is 0 Å². The number of amides is 1. The number of carbonyl (C=O) groups excluding carboxylic acids is 2. The molecular formula is C26H27N3O3. The third kappa shape index (κ3) is 4.13. The normalized spacial score (nSPS) is 20.8. The van der Waals surface area contributed by atoms with Gasteiger partial charge >= 0.3 is 5.97 Å². The van der Waals surface area contributed by atoms with Crippen LogP contribution in [0, 0.1) is 11.3 Å². The van der Waals surface area contributed by atoms with E-state index in [4.69, 9.17) is 10.00 Å². The van der Waals surface area contributed by atoms with Gasteiger partial charge in [0.25, 0.3) is 0 Å². The molecule has 0 spiro atoms. The summed E-state index contributed by atoms with van der Waals surface area (Å²) in [5, 5.41) is 9.11. The number of aryl methyl sites for hydroxylation is 1. The van der Waals surface area contributed by atoms with Gasteiger partial charge in [-0.05, 0) is 66.1 Å². The molecule has 2 aliphatic heterocycles. The van der Waals surface area contributed by atoms with Gasteiger partial charge in [-0.2, -0.15) is 5.26 Å². The van der Waals surface area contributed by atoms with Gasteiger partial charge in [-0.3, -0.25) is 9.69 Å². The van der Waals surface area contributed by atoms with Gasteiger partial charge in [0, 0.05) is 32.1 Å². The van der Waals surface area contributed by atoms with Crippen molar-refractivity contribution in [1.82, 2.24) is 9.80 Å². The number of nitriles is 1. The number of carbonyl (C=O) groups is 2. The van der Waals surface area contributed by atoms with Crippen LogP contribution in [0.1, 0.15) is 44.6 Å². The van der Waals surface area contributed by atoms with E-state index in [9.17, 15) is 9.59 Å². The SMILES string of the molecule is N#Cc1ccc2c(c1)CCC(N1CCN(CCc3ccc4c(c3)CCOC4=O)CC1=O)C2. The number of hydrogen-bond donors (Lipinski definition) is 0. The van der Waals surface area contributed by atoms with E-state index in [1.54, 1.807) is 0 Å². The number of piperazine rings is 1. The van der Waals surface area contributed by atoms with Crippen LogP contribution < -0.4 is 0 Å². The van der Waals surface area contributed by atoms with Gasteiger partial charge in [0.05, 0.1) is 30.3 Å².